The maximum absolute atomic E-state index is 15.3. The van der Waals surface area contributed by atoms with Crippen molar-refractivity contribution in [3.8, 4) is 5.75 Å². The number of amidine groups is 1. The molecule has 0 unspecified atom stereocenters. The van der Waals surface area contributed by atoms with Crippen molar-refractivity contribution in [3.05, 3.63) is 92.4 Å². The fourth-order valence-corrected chi connectivity index (χ4v) is 9.21. The molecule has 5 rings (SSSR count). The first-order chi connectivity index (χ1) is 24.8. The molecule has 0 aromatic heterocycles. The van der Waals surface area contributed by atoms with E-state index in [1.165, 1.54) is 12.1 Å². The normalized spacial score (nSPS) is 21.1. The van der Waals surface area contributed by atoms with Crippen LogP contribution in [0, 0.1) is 0 Å². The molecule has 2 aliphatic rings. The van der Waals surface area contributed by atoms with E-state index in [0.717, 1.165) is 11.1 Å². The molecule has 286 valence electrons. The third-order valence-corrected chi connectivity index (χ3v) is 12.5. The maximum atomic E-state index is 15.3. The number of sulfonamides is 1. The van der Waals surface area contributed by atoms with Crippen LogP contribution in [-0.2, 0) is 25.9 Å². The number of amides is 3. The summed E-state index contributed by atoms with van der Waals surface area (Å²) in [5, 5.41) is 1.01. The largest absolute Gasteiger partial charge is 0.493 e. The van der Waals surface area contributed by atoms with E-state index in [1.807, 2.05) is 38.1 Å². The molecule has 0 bridgehead atoms. The summed E-state index contributed by atoms with van der Waals surface area (Å²) in [4.78, 5) is 37.5. The number of ether oxygens (including phenoxy) is 1. The van der Waals surface area contributed by atoms with Crippen LogP contribution in [0.2, 0.25) is 15.1 Å². The summed E-state index contributed by atoms with van der Waals surface area (Å²) in [7, 11) is -4.15. The number of piperazine rings is 1. The Kier molecular flexibility index (Phi) is 12.1. The quantitative estimate of drug-likeness (QED) is 0.214. The van der Waals surface area contributed by atoms with Crippen LogP contribution in [-0.4, -0.2) is 85.8 Å². The van der Waals surface area contributed by atoms with Gasteiger partial charge in [-0.05, 0) is 96.0 Å². The SMILES string of the molecule is CCOc1cc(Cl)c(S(=O)(=O)NC(C)(C)C)cc1C1=N[C@@](C)(c2ccc(Cl)cc2)[C@@](C)(c2ccc(Cl)cc2)N1C(=O)N1CCN(CCCC(N)=O)CC1. The van der Waals surface area contributed by atoms with Gasteiger partial charge in [-0.15, -0.1) is 0 Å². The lowest BCUT2D eigenvalue weighted by Gasteiger charge is -2.47. The third-order valence-electron chi connectivity index (χ3n) is 9.79. The summed E-state index contributed by atoms with van der Waals surface area (Å²) in [6.45, 7) is 13.8. The second-order valence-corrected chi connectivity index (χ2v) is 17.6. The van der Waals surface area contributed by atoms with E-state index < -0.39 is 26.6 Å². The fourth-order valence-electron chi connectivity index (χ4n) is 7.00. The van der Waals surface area contributed by atoms with Crippen LogP contribution >= 0.6 is 34.8 Å². The topological polar surface area (TPSA) is 138 Å². The minimum absolute atomic E-state index is 0.0428. The van der Waals surface area contributed by atoms with Crippen molar-refractivity contribution < 1.29 is 22.7 Å². The van der Waals surface area contributed by atoms with Gasteiger partial charge in [0.25, 0.3) is 0 Å². The summed E-state index contributed by atoms with van der Waals surface area (Å²) in [6, 6.07) is 17.2. The molecule has 15 heteroatoms. The van der Waals surface area contributed by atoms with Gasteiger partial charge in [-0.2, -0.15) is 0 Å². The zero-order valence-corrected chi connectivity index (χ0v) is 34.0. The lowest BCUT2D eigenvalue weighted by atomic mass is 9.71. The lowest BCUT2D eigenvalue weighted by molar-refractivity contribution is -0.118. The number of hydrogen-bond acceptors (Lipinski definition) is 7. The van der Waals surface area contributed by atoms with E-state index in [-0.39, 0.29) is 45.6 Å². The number of urea groups is 1. The zero-order chi connectivity index (χ0) is 38.9. The Bertz CT molecular complexity index is 1980. The Labute approximate surface area is 327 Å². The first-order valence-corrected chi connectivity index (χ1v) is 20.1. The molecule has 2 aliphatic heterocycles. The number of nitrogens with one attached hydrogen (secondary N) is 1. The van der Waals surface area contributed by atoms with Crippen LogP contribution in [0.3, 0.4) is 0 Å². The highest BCUT2D eigenvalue weighted by Gasteiger charge is 2.60. The first-order valence-electron chi connectivity index (χ1n) is 17.5. The van der Waals surface area contributed by atoms with E-state index >= 15 is 4.79 Å². The Morgan fingerprint density at radius 3 is 2.02 bits per heavy atom. The first kappa shape index (κ1) is 40.8. The zero-order valence-electron chi connectivity index (χ0n) is 30.9. The van der Waals surface area contributed by atoms with Crippen LogP contribution in [0.1, 0.15) is 71.1 Å². The van der Waals surface area contributed by atoms with Gasteiger partial charge in [0.2, 0.25) is 15.9 Å². The van der Waals surface area contributed by atoms with Gasteiger partial charge in [0.1, 0.15) is 27.6 Å². The average Bonchev–Trinajstić information content (AvgIpc) is 3.32. The maximum Gasteiger partial charge on any atom is 0.326 e. The predicted octanol–water partition coefficient (Wildman–Crippen LogP) is 7.02. The van der Waals surface area contributed by atoms with Crippen LogP contribution in [0.15, 0.2) is 70.6 Å². The third kappa shape index (κ3) is 8.48. The molecule has 2 heterocycles. The van der Waals surface area contributed by atoms with Crippen molar-refractivity contribution in [2.24, 2.45) is 10.7 Å². The van der Waals surface area contributed by atoms with Crippen LogP contribution in [0.4, 0.5) is 4.79 Å². The average molecular weight is 806 g/mol. The highest BCUT2D eigenvalue weighted by Crippen LogP contribution is 2.54. The number of halogens is 3. The summed E-state index contributed by atoms with van der Waals surface area (Å²) >= 11 is 19.5. The molecule has 3 N–H and O–H groups in total. The van der Waals surface area contributed by atoms with Crippen molar-refractivity contribution in [3.63, 3.8) is 0 Å². The van der Waals surface area contributed by atoms with Gasteiger partial charge in [0, 0.05) is 54.3 Å². The molecule has 1 fully saturated rings. The molecule has 53 heavy (non-hydrogen) atoms. The van der Waals surface area contributed by atoms with Gasteiger partial charge in [-0.3, -0.25) is 19.6 Å². The smallest absolute Gasteiger partial charge is 0.326 e. The number of nitrogens with zero attached hydrogens (tertiary/aromatic N) is 4. The van der Waals surface area contributed by atoms with E-state index in [9.17, 15) is 13.2 Å². The van der Waals surface area contributed by atoms with Crippen molar-refractivity contribution in [2.75, 3.05) is 39.3 Å². The Morgan fingerprint density at radius 2 is 1.49 bits per heavy atom. The van der Waals surface area contributed by atoms with Crippen LogP contribution in [0.25, 0.3) is 0 Å². The highest BCUT2D eigenvalue weighted by atomic mass is 35.5. The molecule has 0 spiro atoms. The number of carbonyl (C=O) groups excluding carboxylic acids is 2. The van der Waals surface area contributed by atoms with Gasteiger partial charge in [-0.25, -0.2) is 17.9 Å². The van der Waals surface area contributed by atoms with Gasteiger partial charge in [0.05, 0.1) is 17.2 Å². The Balaban J connectivity index is 1.74. The molecule has 0 aliphatic carbocycles. The van der Waals surface area contributed by atoms with E-state index in [0.29, 0.717) is 55.6 Å². The monoisotopic (exact) mass is 804 g/mol. The Morgan fingerprint density at radius 1 is 0.925 bits per heavy atom. The second kappa shape index (κ2) is 15.8. The number of primary amides is 1. The molecule has 2 atom stereocenters. The number of rotatable bonds is 11. The van der Waals surface area contributed by atoms with Crippen molar-refractivity contribution >= 4 is 62.6 Å². The molecule has 1 saturated heterocycles. The number of aliphatic imine (C=N–C) groups is 1. The van der Waals surface area contributed by atoms with Gasteiger partial charge in [0.15, 0.2) is 0 Å². The van der Waals surface area contributed by atoms with Gasteiger partial charge in [-0.1, -0.05) is 59.1 Å². The van der Waals surface area contributed by atoms with Crippen molar-refractivity contribution in [2.45, 2.75) is 75.9 Å². The number of hydrogen-bond donors (Lipinski definition) is 2. The standard InChI is InChI=1S/C38H47Cl3N6O5S/c1-7-52-31-24-30(41)32(53(50,51)44-36(2,3)4)23-29(31)34-43-37(5,25-10-14-27(39)15-11-25)38(6,26-12-16-28(40)17-13-26)47(34)35(49)46-21-19-45(20-22-46)18-8-9-33(42)48/h10-17,23-24,44H,7-9,18-22H2,1-6H3,(H2,42,48)/t37-,38+/m0/s1. The molecule has 3 aromatic rings. The lowest BCUT2D eigenvalue weighted by Crippen LogP contribution is -2.60. The number of benzene rings is 3. The van der Waals surface area contributed by atoms with Gasteiger partial charge < -0.3 is 15.4 Å². The molecule has 0 radical (unpaired) electrons. The van der Waals surface area contributed by atoms with Crippen molar-refractivity contribution in [1.82, 2.24) is 19.4 Å². The molecule has 11 nitrogen and oxygen atoms in total. The van der Waals surface area contributed by atoms with Crippen LogP contribution < -0.4 is 15.2 Å². The summed E-state index contributed by atoms with van der Waals surface area (Å²) in [6.07, 6.45) is 0.925. The molecule has 3 aromatic carbocycles. The summed E-state index contributed by atoms with van der Waals surface area (Å²) in [5.74, 6) is 0.131. The van der Waals surface area contributed by atoms with E-state index in [1.54, 1.807) is 61.8 Å². The van der Waals surface area contributed by atoms with E-state index in [2.05, 4.69) is 9.62 Å². The number of carbonyl (C=O) groups is 2. The fraction of sp³-hybridized carbons (Fsp3) is 0.447. The second-order valence-electron chi connectivity index (χ2n) is 14.7. The molecule has 0 saturated carbocycles. The predicted molar refractivity (Wildman–Crippen MR) is 211 cm³/mol. The van der Waals surface area contributed by atoms with Crippen molar-refractivity contribution in [1.29, 1.82) is 0 Å². The minimum atomic E-state index is -4.15. The minimum Gasteiger partial charge on any atom is -0.493 e. The molecular weight excluding hydrogens is 759 g/mol. The molecular formula is C38H47Cl3N6O5S. The number of nitrogens with two attached hydrogens (primary N) is 1. The highest BCUT2D eigenvalue weighted by molar-refractivity contribution is 7.89. The van der Waals surface area contributed by atoms with Gasteiger partial charge >= 0.3 is 6.03 Å². The van der Waals surface area contributed by atoms with Crippen LogP contribution in [0.5, 0.6) is 5.75 Å². The Hall–Kier alpha value is -3.39. The van der Waals surface area contributed by atoms with E-state index in [4.69, 9.17) is 50.3 Å². The summed E-state index contributed by atoms with van der Waals surface area (Å²) < 4.78 is 36.5. The molecule has 3 amide bonds. The summed E-state index contributed by atoms with van der Waals surface area (Å²) in [5.41, 5.74) is 3.97.